The van der Waals surface area contributed by atoms with Gasteiger partial charge in [0.05, 0.1) is 5.92 Å². The highest BCUT2D eigenvalue weighted by molar-refractivity contribution is 5.84. The highest BCUT2D eigenvalue weighted by Gasteiger charge is 2.28. The lowest BCUT2D eigenvalue weighted by Gasteiger charge is -2.37. The van der Waals surface area contributed by atoms with Crippen molar-refractivity contribution in [2.24, 2.45) is 0 Å². The molecule has 1 saturated heterocycles. The molecule has 0 aliphatic carbocycles. The third-order valence-electron chi connectivity index (χ3n) is 5.76. The standard InChI is InChI=1S/C22H28N6O/c1-4-18(17-9-7-6-8-10-17)21(29)27-13-11-26(12-14-27)20-15-16(3)28-19(5-2)24-25-22(28)23-20/h6-10,15,18H,4-5,11-14H2,1-3H3/t18-/m0/s1. The number of piperazine rings is 1. The molecule has 7 nitrogen and oxygen atoms in total. The largest absolute Gasteiger partial charge is 0.353 e. The molecule has 1 aliphatic rings. The summed E-state index contributed by atoms with van der Waals surface area (Å²) in [4.78, 5) is 22.0. The van der Waals surface area contributed by atoms with Crippen LogP contribution in [0, 0.1) is 6.92 Å². The first kappa shape index (κ1) is 19.4. The Balaban J connectivity index is 1.47. The lowest BCUT2D eigenvalue weighted by atomic mass is 9.95. The van der Waals surface area contributed by atoms with Gasteiger partial charge in [0.25, 0.3) is 5.78 Å². The minimum atomic E-state index is -0.0667. The molecule has 1 aromatic carbocycles. The van der Waals surface area contributed by atoms with Gasteiger partial charge in [-0.1, -0.05) is 44.2 Å². The Morgan fingerprint density at radius 3 is 2.45 bits per heavy atom. The molecular formula is C22H28N6O. The molecule has 2 aromatic heterocycles. The molecule has 0 bridgehead atoms. The summed E-state index contributed by atoms with van der Waals surface area (Å²) in [6.07, 6.45) is 1.64. The molecule has 1 aliphatic heterocycles. The van der Waals surface area contributed by atoms with Crippen LogP contribution in [0.2, 0.25) is 0 Å². The SMILES string of the molecule is CCc1nnc2nc(N3CCN(C(=O)[C@@H](CC)c4ccccc4)CC3)cc(C)n12. The first-order valence-electron chi connectivity index (χ1n) is 10.4. The van der Waals surface area contributed by atoms with Gasteiger partial charge < -0.3 is 9.80 Å². The number of anilines is 1. The van der Waals surface area contributed by atoms with Gasteiger partial charge in [0, 0.05) is 44.4 Å². The fourth-order valence-corrected chi connectivity index (χ4v) is 4.13. The number of nitrogens with zero attached hydrogens (tertiary/aromatic N) is 6. The van der Waals surface area contributed by atoms with Crippen molar-refractivity contribution in [2.45, 2.75) is 39.5 Å². The second-order valence-electron chi connectivity index (χ2n) is 7.54. The molecule has 0 saturated carbocycles. The maximum Gasteiger partial charge on any atom is 0.257 e. The molecule has 0 N–H and O–H groups in total. The van der Waals surface area contributed by atoms with E-state index in [0.29, 0.717) is 18.9 Å². The Morgan fingerprint density at radius 2 is 1.79 bits per heavy atom. The fraction of sp³-hybridized carbons (Fsp3) is 0.455. The Morgan fingerprint density at radius 1 is 1.07 bits per heavy atom. The summed E-state index contributed by atoms with van der Waals surface area (Å²) in [5, 5.41) is 8.46. The van der Waals surface area contributed by atoms with E-state index in [4.69, 9.17) is 4.98 Å². The maximum absolute atomic E-state index is 13.1. The summed E-state index contributed by atoms with van der Waals surface area (Å²) < 4.78 is 2.01. The second kappa shape index (κ2) is 8.19. The van der Waals surface area contributed by atoms with Crippen molar-refractivity contribution in [3.05, 3.63) is 53.5 Å². The monoisotopic (exact) mass is 392 g/mol. The first-order chi connectivity index (χ1) is 14.1. The van der Waals surface area contributed by atoms with Gasteiger partial charge in [-0.3, -0.25) is 9.20 Å². The topological polar surface area (TPSA) is 66.6 Å². The summed E-state index contributed by atoms with van der Waals surface area (Å²) in [6.45, 7) is 9.17. The van der Waals surface area contributed by atoms with Gasteiger partial charge in [0.1, 0.15) is 11.6 Å². The van der Waals surface area contributed by atoms with E-state index < -0.39 is 0 Å². The predicted octanol–water partition coefficient (Wildman–Crippen LogP) is 2.84. The zero-order chi connectivity index (χ0) is 20.4. The van der Waals surface area contributed by atoms with Crippen molar-refractivity contribution in [1.82, 2.24) is 24.5 Å². The zero-order valence-electron chi connectivity index (χ0n) is 17.4. The number of aromatic nitrogens is 4. The fourth-order valence-electron chi connectivity index (χ4n) is 4.13. The van der Waals surface area contributed by atoms with Crippen LogP contribution < -0.4 is 4.90 Å². The van der Waals surface area contributed by atoms with Crippen LogP contribution in [0.3, 0.4) is 0 Å². The maximum atomic E-state index is 13.1. The summed E-state index contributed by atoms with van der Waals surface area (Å²) in [5.41, 5.74) is 2.18. The van der Waals surface area contributed by atoms with Crippen LogP contribution >= 0.6 is 0 Å². The molecular weight excluding hydrogens is 364 g/mol. The van der Waals surface area contributed by atoms with Crippen molar-refractivity contribution in [2.75, 3.05) is 31.1 Å². The molecule has 0 spiro atoms. The van der Waals surface area contributed by atoms with E-state index in [1.807, 2.05) is 39.6 Å². The number of amides is 1. The number of aryl methyl sites for hydroxylation is 2. The van der Waals surface area contributed by atoms with Crippen molar-refractivity contribution >= 4 is 17.5 Å². The number of rotatable bonds is 5. The van der Waals surface area contributed by atoms with Gasteiger partial charge in [-0.05, 0) is 18.9 Å². The van der Waals surface area contributed by atoms with E-state index in [1.165, 1.54) is 0 Å². The minimum Gasteiger partial charge on any atom is -0.353 e. The lowest BCUT2D eigenvalue weighted by Crippen LogP contribution is -2.50. The van der Waals surface area contributed by atoms with E-state index in [9.17, 15) is 4.79 Å². The van der Waals surface area contributed by atoms with E-state index in [0.717, 1.165) is 48.8 Å². The number of carbonyl (C=O) groups excluding carboxylic acids is 1. The van der Waals surface area contributed by atoms with Crippen LogP contribution in [0.15, 0.2) is 36.4 Å². The van der Waals surface area contributed by atoms with Crippen molar-refractivity contribution in [3.63, 3.8) is 0 Å². The van der Waals surface area contributed by atoms with Crippen molar-refractivity contribution in [3.8, 4) is 0 Å². The Kier molecular flexibility index (Phi) is 5.47. The van der Waals surface area contributed by atoms with Crippen LogP contribution in [0.1, 0.15) is 43.3 Å². The van der Waals surface area contributed by atoms with E-state index >= 15 is 0 Å². The molecule has 7 heteroatoms. The van der Waals surface area contributed by atoms with E-state index in [-0.39, 0.29) is 11.8 Å². The lowest BCUT2D eigenvalue weighted by molar-refractivity contribution is -0.133. The Bertz CT molecular complexity index is 991. The Hall–Kier alpha value is -2.96. The summed E-state index contributed by atoms with van der Waals surface area (Å²) in [6, 6.07) is 12.2. The molecule has 1 amide bonds. The van der Waals surface area contributed by atoms with Crippen molar-refractivity contribution < 1.29 is 4.79 Å². The molecule has 3 heterocycles. The number of hydrogen-bond donors (Lipinski definition) is 0. The highest BCUT2D eigenvalue weighted by atomic mass is 16.2. The third-order valence-corrected chi connectivity index (χ3v) is 5.76. The smallest absolute Gasteiger partial charge is 0.257 e. The predicted molar refractivity (Wildman–Crippen MR) is 113 cm³/mol. The second-order valence-corrected chi connectivity index (χ2v) is 7.54. The summed E-state index contributed by atoms with van der Waals surface area (Å²) in [5.74, 6) is 2.64. The van der Waals surface area contributed by atoms with Gasteiger partial charge in [-0.15, -0.1) is 10.2 Å². The number of carbonyl (C=O) groups is 1. The Labute approximate surface area is 171 Å². The molecule has 4 rings (SSSR count). The number of benzene rings is 1. The average Bonchev–Trinajstić information content (AvgIpc) is 3.19. The van der Waals surface area contributed by atoms with Gasteiger partial charge in [-0.2, -0.15) is 4.98 Å². The van der Waals surface area contributed by atoms with Crippen LogP contribution in [-0.4, -0.2) is 56.6 Å². The van der Waals surface area contributed by atoms with Gasteiger partial charge in [-0.25, -0.2) is 0 Å². The number of fused-ring (bicyclic) bond motifs is 1. The normalized spacial score (nSPS) is 15.7. The van der Waals surface area contributed by atoms with Crippen LogP contribution in [0.5, 0.6) is 0 Å². The van der Waals surface area contributed by atoms with Crippen molar-refractivity contribution in [1.29, 1.82) is 0 Å². The van der Waals surface area contributed by atoms with E-state index in [2.05, 4.69) is 41.9 Å². The number of hydrogen-bond acceptors (Lipinski definition) is 5. The third kappa shape index (κ3) is 3.69. The van der Waals surface area contributed by atoms with Crippen LogP contribution in [-0.2, 0) is 11.2 Å². The summed E-state index contributed by atoms with van der Waals surface area (Å²) >= 11 is 0. The average molecular weight is 393 g/mol. The van der Waals surface area contributed by atoms with Crippen LogP contribution in [0.4, 0.5) is 5.82 Å². The van der Waals surface area contributed by atoms with Gasteiger partial charge in [0.15, 0.2) is 0 Å². The first-order valence-corrected chi connectivity index (χ1v) is 10.4. The highest BCUT2D eigenvalue weighted by Crippen LogP contribution is 2.24. The molecule has 3 aromatic rings. The minimum absolute atomic E-state index is 0.0667. The quantitative estimate of drug-likeness (QED) is 0.668. The molecule has 0 radical (unpaired) electrons. The zero-order valence-corrected chi connectivity index (χ0v) is 17.4. The molecule has 0 unspecified atom stereocenters. The molecule has 1 atom stereocenters. The van der Waals surface area contributed by atoms with Gasteiger partial charge >= 0.3 is 0 Å². The van der Waals surface area contributed by atoms with Crippen LogP contribution in [0.25, 0.3) is 5.78 Å². The molecule has 29 heavy (non-hydrogen) atoms. The van der Waals surface area contributed by atoms with E-state index in [1.54, 1.807) is 0 Å². The summed E-state index contributed by atoms with van der Waals surface area (Å²) in [7, 11) is 0. The molecule has 1 fully saturated rings. The molecule has 152 valence electrons. The van der Waals surface area contributed by atoms with Gasteiger partial charge in [0.2, 0.25) is 5.91 Å².